The first-order chi connectivity index (χ1) is 19.9. The van der Waals surface area contributed by atoms with Crippen molar-refractivity contribution in [3.63, 3.8) is 0 Å². The second kappa shape index (κ2) is 12.7. The molecule has 1 atom stereocenters. The van der Waals surface area contributed by atoms with E-state index < -0.39 is 15.3 Å². The Bertz CT molecular complexity index is 1720. The van der Waals surface area contributed by atoms with Gasteiger partial charge in [-0.05, 0) is 36.8 Å². The Morgan fingerprint density at radius 3 is 2.02 bits per heavy atom. The Hall–Kier alpha value is -4.68. The van der Waals surface area contributed by atoms with Crippen LogP contribution in [0.5, 0.6) is 0 Å². The van der Waals surface area contributed by atoms with E-state index >= 15 is 0 Å². The molecule has 0 saturated heterocycles. The highest BCUT2D eigenvalue weighted by Crippen LogP contribution is 2.31. The lowest BCUT2D eigenvalue weighted by molar-refractivity contribution is -0.115. The number of carbonyl (C=O) groups is 1. The van der Waals surface area contributed by atoms with Gasteiger partial charge in [0.15, 0.2) is 0 Å². The summed E-state index contributed by atoms with van der Waals surface area (Å²) in [4.78, 5) is 25.7. The molecule has 2 N–H and O–H groups in total. The second-order valence-electron chi connectivity index (χ2n) is 8.73. The monoisotopic (exact) mass is 583 g/mol. The summed E-state index contributed by atoms with van der Waals surface area (Å²) in [5.41, 5.74) is 3.57. The summed E-state index contributed by atoms with van der Waals surface area (Å²) in [6, 6.07) is 26.9. The van der Waals surface area contributed by atoms with E-state index in [4.69, 9.17) is 4.98 Å². The van der Waals surface area contributed by atoms with Gasteiger partial charge >= 0.3 is 0 Å². The molecule has 5 aromatic rings. The predicted octanol–water partition coefficient (Wildman–Crippen LogP) is 5.31. The summed E-state index contributed by atoms with van der Waals surface area (Å²) in [5, 5.41) is 11.5. The minimum atomic E-state index is -3.89. The number of benzene rings is 3. The molecule has 0 radical (unpaired) electrons. The lowest BCUT2D eigenvalue weighted by atomic mass is 10.0. The summed E-state index contributed by atoms with van der Waals surface area (Å²) in [7, 11) is -3.89. The van der Waals surface area contributed by atoms with E-state index in [1.54, 1.807) is 6.07 Å². The molecule has 2 aromatic heterocycles. The number of amides is 1. The number of aromatic nitrogens is 5. The molecule has 3 aromatic carbocycles. The third kappa shape index (κ3) is 6.91. The van der Waals surface area contributed by atoms with Gasteiger partial charge in [0.2, 0.25) is 17.0 Å². The van der Waals surface area contributed by atoms with E-state index in [1.165, 1.54) is 48.4 Å². The first-order valence-electron chi connectivity index (χ1n) is 12.7. The van der Waals surface area contributed by atoms with Gasteiger partial charge in [0.05, 0.1) is 10.1 Å². The largest absolute Gasteiger partial charge is 0.325 e. The van der Waals surface area contributed by atoms with E-state index in [9.17, 15) is 13.2 Å². The third-order valence-electron chi connectivity index (χ3n) is 5.90. The molecule has 0 saturated carbocycles. The molecule has 1 unspecified atom stereocenters. The maximum atomic E-state index is 13.2. The number of carbonyl (C=O) groups excluding carboxylic acids is 1. The van der Waals surface area contributed by atoms with Crippen molar-refractivity contribution in [1.82, 2.24) is 25.1 Å². The minimum absolute atomic E-state index is 0.00999. The van der Waals surface area contributed by atoms with Crippen LogP contribution in [0.2, 0.25) is 0 Å². The number of anilines is 2. The van der Waals surface area contributed by atoms with E-state index in [2.05, 4.69) is 30.2 Å². The van der Waals surface area contributed by atoms with Gasteiger partial charge in [0.1, 0.15) is 11.4 Å². The van der Waals surface area contributed by atoms with Gasteiger partial charge in [-0.3, -0.25) is 4.79 Å². The number of sulfonamides is 1. The van der Waals surface area contributed by atoms with Crippen molar-refractivity contribution in [2.24, 2.45) is 0 Å². The van der Waals surface area contributed by atoms with E-state index in [0.29, 0.717) is 28.7 Å². The number of nitrogens with one attached hydrogen (secondary N) is 2. The topological polar surface area (TPSA) is 140 Å². The molecule has 0 aliphatic rings. The highest BCUT2D eigenvalue weighted by atomic mass is 32.2. The first kappa shape index (κ1) is 27.9. The molecule has 0 fully saturated rings. The van der Waals surface area contributed by atoms with E-state index in [1.807, 2.05) is 67.6 Å². The van der Waals surface area contributed by atoms with Crippen LogP contribution in [-0.4, -0.2) is 44.7 Å². The van der Waals surface area contributed by atoms with E-state index in [-0.39, 0.29) is 16.8 Å². The molecule has 0 aliphatic heterocycles. The average Bonchev–Trinajstić information content (AvgIpc) is 3.01. The highest BCUT2D eigenvalue weighted by Gasteiger charge is 2.22. The smallest absolute Gasteiger partial charge is 0.264 e. The molecule has 41 heavy (non-hydrogen) atoms. The van der Waals surface area contributed by atoms with Crippen LogP contribution in [0.25, 0.3) is 22.5 Å². The predicted molar refractivity (Wildman–Crippen MR) is 159 cm³/mol. The fraction of sp³-hybridized carbons (Fsp3) is 0.103. The van der Waals surface area contributed by atoms with Gasteiger partial charge in [-0.15, -0.1) is 10.2 Å². The molecule has 0 aliphatic carbocycles. The zero-order valence-corrected chi connectivity index (χ0v) is 23.5. The van der Waals surface area contributed by atoms with Gasteiger partial charge in [-0.2, -0.15) is 0 Å². The fourth-order valence-corrected chi connectivity index (χ4v) is 5.65. The molecular formula is C29H25N7O3S2. The Kier molecular flexibility index (Phi) is 8.61. The molecule has 10 nitrogen and oxygen atoms in total. The lowest BCUT2D eigenvalue weighted by Crippen LogP contribution is -2.25. The quantitative estimate of drug-likeness (QED) is 0.209. The SMILES string of the molecule is CCC(Sc1nnc(-c2ccccc2)c(-c2ccccc2)n1)C(=O)Nc1ccc(S(=O)(=O)Nc2ncccn2)cc1. The van der Waals surface area contributed by atoms with Crippen LogP contribution in [0.15, 0.2) is 113 Å². The van der Waals surface area contributed by atoms with Crippen molar-refractivity contribution >= 4 is 39.3 Å². The number of hydrogen-bond acceptors (Lipinski definition) is 9. The highest BCUT2D eigenvalue weighted by molar-refractivity contribution is 8.00. The molecule has 1 amide bonds. The van der Waals surface area contributed by atoms with Gasteiger partial charge in [0.25, 0.3) is 10.0 Å². The molecular weight excluding hydrogens is 558 g/mol. The third-order valence-corrected chi connectivity index (χ3v) is 8.46. The summed E-state index contributed by atoms with van der Waals surface area (Å²) in [5.74, 6) is -0.294. The molecule has 2 heterocycles. The summed E-state index contributed by atoms with van der Waals surface area (Å²) in [6.07, 6.45) is 3.38. The van der Waals surface area contributed by atoms with Crippen LogP contribution >= 0.6 is 11.8 Å². The van der Waals surface area contributed by atoms with E-state index in [0.717, 1.165) is 11.1 Å². The molecule has 5 rings (SSSR count). The van der Waals surface area contributed by atoms with Crippen molar-refractivity contribution in [3.8, 4) is 22.5 Å². The number of thioether (sulfide) groups is 1. The van der Waals surface area contributed by atoms with Crippen LogP contribution in [0, 0.1) is 0 Å². The Balaban J connectivity index is 1.31. The van der Waals surface area contributed by atoms with Gasteiger partial charge < -0.3 is 5.32 Å². The molecule has 0 spiro atoms. The van der Waals surface area contributed by atoms with Crippen molar-refractivity contribution in [2.45, 2.75) is 28.6 Å². The summed E-state index contributed by atoms with van der Waals surface area (Å²) in [6.45, 7) is 1.90. The van der Waals surface area contributed by atoms with Crippen molar-refractivity contribution in [3.05, 3.63) is 103 Å². The summed E-state index contributed by atoms with van der Waals surface area (Å²) >= 11 is 1.22. The standard InChI is InChI=1S/C29H25N7O3S2/c1-2-24(27(37)32-22-14-16-23(17-15-22)41(38,39)36-28-30-18-9-19-31-28)40-29-33-25(20-10-5-3-6-11-20)26(34-35-29)21-12-7-4-8-13-21/h3-19,24H,2H2,1H3,(H,32,37)(H,30,31,36). The Morgan fingerprint density at radius 2 is 1.41 bits per heavy atom. The van der Waals surface area contributed by atoms with Crippen LogP contribution < -0.4 is 10.0 Å². The summed E-state index contributed by atoms with van der Waals surface area (Å²) < 4.78 is 27.6. The normalized spacial score (nSPS) is 11.9. The number of rotatable bonds is 10. The van der Waals surface area contributed by atoms with Crippen LogP contribution in [-0.2, 0) is 14.8 Å². The van der Waals surface area contributed by atoms with Crippen molar-refractivity contribution < 1.29 is 13.2 Å². The first-order valence-corrected chi connectivity index (χ1v) is 15.0. The fourth-order valence-electron chi connectivity index (χ4n) is 3.87. The van der Waals surface area contributed by atoms with Gasteiger partial charge in [0, 0.05) is 29.2 Å². The maximum Gasteiger partial charge on any atom is 0.264 e. The Labute approximate surface area is 241 Å². The van der Waals surface area contributed by atoms with Crippen LogP contribution in [0.3, 0.4) is 0 Å². The average molecular weight is 584 g/mol. The van der Waals surface area contributed by atoms with Crippen molar-refractivity contribution in [2.75, 3.05) is 10.0 Å². The maximum absolute atomic E-state index is 13.2. The minimum Gasteiger partial charge on any atom is -0.325 e. The van der Waals surface area contributed by atoms with Crippen LogP contribution in [0.1, 0.15) is 13.3 Å². The molecule has 12 heteroatoms. The Morgan fingerprint density at radius 1 is 0.805 bits per heavy atom. The van der Waals surface area contributed by atoms with Gasteiger partial charge in [-0.25, -0.2) is 28.1 Å². The van der Waals surface area contributed by atoms with Crippen molar-refractivity contribution in [1.29, 1.82) is 0 Å². The molecule has 206 valence electrons. The number of hydrogen-bond donors (Lipinski definition) is 2. The van der Waals surface area contributed by atoms with Gasteiger partial charge in [-0.1, -0.05) is 79.3 Å². The zero-order valence-electron chi connectivity index (χ0n) is 21.9. The molecule has 0 bridgehead atoms. The van der Waals surface area contributed by atoms with Crippen LogP contribution in [0.4, 0.5) is 11.6 Å². The second-order valence-corrected chi connectivity index (χ2v) is 11.6. The lowest BCUT2D eigenvalue weighted by Gasteiger charge is -2.15. The number of nitrogens with zero attached hydrogens (tertiary/aromatic N) is 5. The zero-order chi connectivity index (χ0) is 28.7.